The first-order valence-corrected chi connectivity index (χ1v) is 7.28. The van der Waals surface area contributed by atoms with Crippen LogP contribution in [0.15, 0.2) is 48.9 Å². The molecular weight excluding hydrogens is 260 g/mol. The fraction of sp³-hybridized carbons (Fsp3) is 0.278. The zero-order valence-electron chi connectivity index (χ0n) is 12.7. The lowest BCUT2D eigenvalue weighted by Gasteiger charge is -2.09. The van der Waals surface area contributed by atoms with Gasteiger partial charge in [-0.3, -0.25) is 4.98 Å². The van der Waals surface area contributed by atoms with Crippen molar-refractivity contribution in [2.24, 2.45) is 0 Å². The van der Waals surface area contributed by atoms with E-state index in [-0.39, 0.29) is 0 Å². The van der Waals surface area contributed by atoms with Crippen LogP contribution in [0.3, 0.4) is 0 Å². The minimum absolute atomic E-state index is 0.432. The molecule has 0 fully saturated rings. The Balaban J connectivity index is 1.98. The normalized spacial score (nSPS) is 11.2. The fourth-order valence-corrected chi connectivity index (χ4v) is 2.72. The first-order chi connectivity index (χ1) is 10.2. The van der Waals surface area contributed by atoms with Gasteiger partial charge < -0.3 is 9.30 Å². The second kappa shape index (κ2) is 5.60. The number of nitrogens with zero attached hydrogens (tertiary/aromatic N) is 2. The predicted molar refractivity (Wildman–Crippen MR) is 85.6 cm³/mol. The van der Waals surface area contributed by atoms with Crippen molar-refractivity contribution in [3.8, 4) is 5.75 Å². The largest absolute Gasteiger partial charge is 0.487 e. The molecule has 108 valence electrons. The van der Waals surface area contributed by atoms with Gasteiger partial charge >= 0.3 is 0 Å². The van der Waals surface area contributed by atoms with Gasteiger partial charge in [-0.05, 0) is 44.5 Å². The third-order valence-corrected chi connectivity index (χ3v) is 3.73. The van der Waals surface area contributed by atoms with Gasteiger partial charge in [-0.15, -0.1) is 0 Å². The Morgan fingerprint density at radius 3 is 2.76 bits per heavy atom. The standard InChI is InChI=1S/C18H20N2O/c1-13(2)20-11-15(12-21-16-7-5-9-19-10-16)18-14(3)6-4-8-17(18)20/h4-11,13H,12H2,1-3H3. The molecule has 0 aliphatic heterocycles. The van der Waals surface area contributed by atoms with Crippen LogP contribution in [0.4, 0.5) is 0 Å². The topological polar surface area (TPSA) is 27.1 Å². The Kier molecular flexibility index (Phi) is 3.65. The molecule has 2 aromatic heterocycles. The third-order valence-electron chi connectivity index (χ3n) is 3.73. The minimum atomic E-state index is 0.432. The third kappa shape index (κ3) is 2.64. The lowest BCUT2D eigenvalue weighted by atomic mass is 10.1. The highest BCUT2D eigenvalue weighted by molar-refractivity contribution is 5.87. The van der Waals surface area contributed by atoms with Gasteiger partial charge in [0.25, 0.3) is 0 Å². The SMILES string of the molecule is Cc1cccc2c1c(COc1cccnc1)cn2C(C)C. The van der Waals surface area contributed by atoms with Crippen molar-refractivity contribution in [3.63, 3.8) is 0 Å². The smallest absolute Gasteiger partial charge is 0.138 e. The Bertz CT molecular complexity index is 745. The van der Waals surface area contributed by atoms with E-state index in [1.165, 1.54) is 22.0 Å². The van der Waals surface area contributed by atoms with Crippen molar-refractivity contribution < 1.29 is 4.74 Å². The number of pyridine rings is 1. The summed E-state index contributed by atoms with van der Waals surface area (Å²) in [6, 6.07) is 10.7. The molecule has 0 amide bonds. The van der Waals surface area contributed by atoms with Gasteiger partial charge in [0, 0.05) is 34.9 Å². The molecule has 3 heteroatoms. The van der Waals surface area contributed by atoms with E-state index in [2.05, 4.69) is 54.7 Å². The maximum absolute atomic E-state index is 5.87. The van der Waals surface area contributed by atoms with E-state index in [1.54, 1.807) is 12.4 Å². The molecule has 3 nitrogen and oxygen atoms in total. The average molecular weight is 280 g/mol. The van der Waals surface area contributed by atoms with Crippen LogP contribution in [-0.2, 0) is 6.61 Å². The van der Waals surface area contributed by atoms with Gasteiger partial charge in [0.05, 0.1) is 6.20 Å². The van der Waals surface area contributed by atoms with Crippen LogP contribution in [-0.4, -0.2) is 9.55 Å². The second-order valence-electron chi connectivity index (χ2n) is 5.60. The van der Waals surface area contributed by atoms with Crippen LogP contribution in [0.25, 0.3) is 10.9 Å². The molecule has 1 aromatic carbocycles. The van der Waals surface area contributed by atoms with Crippen LogP contribution in [0, 0.1) is 6.92 Å². The molecule has 0 aliphatic rings. The van der Waals surface area contributed by atoms with Gasteiger partial charge in [0.2, 0.25) is 0 Å². The average Bonchev–Trinajstić information content (AvgIpc) is 2.87. The Labute approximate surface area is 125 Å². The summed E-state index contributed by atoms with van der Waals surface area (Å²) in [5, 5.41) is 1.30. The predicted octanol–water partition coefficient (Wildman–Crippen LogP) is 4.50. The van der Waals surface area contributed by atoms with Crippen molar-refractivity contribution in [2.45, 2.75) is 33.4 Å². The highest BCUT2D eigenvalue weighted by Gasteiger charge is 2.12. The quantitative estimate of drug-likeness (QED) is 0.703. The van der Waals surface area contributed by atoms with E-state index in [9.17, 15) is 0 Å². The van der Waals surface area contributed by atoms with E-state index >= 15 is 0 Å². The number of hydrogen-bond acceptors (Lipinski definition) is 2. The van der Waals surface area contributed by atoms with Gasteiger partial charge in [-0.25, -0.2) is 0 Å². The van der Waals surface area contributed by atoms with Gasteiger partial charge in [-0.1, -0.05) is 12.1 Å². The van der Waals surface area contributed by atoms with E-state index in [4.69, 9.17) is 4.74 Å². The number of aryl methyl sites for hydroxylation is 1. The Morgan fingerprint density at radius 2 is 2.05 bits per heavy atom. The molecule has 0 unspecified atom stereocenters. The highest BCUT2D eigenvalue weighted by Crippen LogP contribution is 2.28. The second-order valence-corrected chi connectivity index (χ2v) is 5.60. The maximum atomic E-state index is 5.87. The zero-order valence-corrected chi connectivity index (χ0v) is 12.7. The van der Waals surface area contributed by atoms with Crippen LogP contribution < -0.4 is 4.74 Å². The molecular formula is C18H20N2O. The lowest BCUT2D eigenvalue weighted by molar-refractivity contribution is 0.306. The molecule has 2 heterocycles. The van der Waals surface area contributed by atoms with Gasteiger partial charge in [0.1, 0.15) is 12.4 Å². The molecule has 0 spiro atoms. The van der Waals surface area contributed by atoms with Crippen LogP contribution >= 0.6 is 0 Å². The number of ether oxygens (including phenoxy) is 1. The van der Waals surface area contributed by atoms with Crippen LogP contribution in [0.2, 0.25) is 0 Å². The first kappa shape index (κ1) is 13.7. The Morgan fingerprint density at radius 1 is 1.19 bits per heavy atom. The summed E-state index contributed by atoms with van der Waals surface area (Å²) in [5.41, 5.74) is 3.78. The van der Waals surface area contributed by atoms with E-state index < -0.39 is 0 Å². The number of hydrogen-bond donors (Lipinski definition) is 0. The van der Waals surface area contributed by atoms with E-state index in [0.717, 1.165) is 5.75 Å². The van der Waals surface area contributed by atoms with Crippen molar-refractivity contribution in [3.05, 3.63) is 60.0 Å². The summed E-state index contributed by atoms with van der Waals surface area (Å²) in [6.07, 6.45) is 5.70. The molecule has 0 aliphatic carbocycles. The van der Waals surface area contributed by atoms with Crippen LogP contribution in [0.1, 0.15) is 31.0 Å². The van der Waals surface area contributed by atoms with Gasteiger partial charge in [0.15, 0.2) is 0 Å². The van der Waals surface area contributed by atoms with Crippen molar-refractivity contribution in [2.75, 3.05) is 0 Å². The summed E-state index contributed by atoms with van der Waals surface area (Å²) >= 11 is 0. The van der Waals surface area contributed by atoms with E-state index in [1.807, 2.05) is 12.1 Å². The van der Waals surface area contributed by atoms with Crippen molar-refractivity contribution >= 4 is 10.9 Å². The van der Waals surface area contributed by atoms with Crippen molar-refractivity contribution in [1.29, 1.82) is 0 Å². The van der Waals surface area contributed by atoms with Gasteiger partial charge in [-0.2, -0.15) is 0 Å². The lowest BCUT2D eigenvalue weighted by Crippen LogP contribution is -1.98. The molecule has 0 saturated heterocycles. The maximum Gasteiger partial charge on any atom is 0.138 e. The molecule has 3 rings (SSSR count). The summed E-state index contributed by atoms with van der Waals surface area (Å²) < 4.78 is 8.18. The molecule has 3 aromatic rings. The molecule has 0 atom stereocenters. The molecule has 0 radical (unpaired) electrons. The molecule has 21 heavy (non-hydrogen) atoms. The van der Waals surface area contributed by atoms with Crippen LogP contribution in [0.5, 0.6) is 5.75 Å². The minimum Gasteiger partial charge on any atom is -0.487 e. The van der Waals surface area contributed by atoms with E-state index in [0.29, 0.717) is 12.6 Å². The molecule has 0 saturated carbocycles. The Hall–Kier alpha value is -2.29. The summed E-state index contributed by atoms with van der Waals surface area (Å²) in [5.74, 6) is 0.802. The summed E-state index contributed by atoms with van der Waals surface area (Å²) in [6.45, 7) is 7.12. The highest BCUT2D eigenvalue weighted by atomic mass is 16.5. The number of benzene rings is 1. The zero-order chi connectivity index (χ0) is 14.8. The fourth-order valence-electron chi connectivity index (χ4n) is 2.72. The number of rotatable bonds is 4. The number of fused-ring (bicyclic) bond motifs is 1. The van der Waals surface area contributed by atoms with Crippen molar-refractivity contribution in [1.82, 2.24) is 9.55 Å². The monoisotopic (exact) mass is 280 g/mol. The number of aromatic nitrogens is 2. The summed E-state index contributed by atoms with van der Waals surface area (Å²) in [7, 11) is 0. The first-order valence-electron chi connectivity index (χ1n) is 7.28. The molecule has 0 N–H and O–H groups in total. The summed E-state index contributed by atoms with van der Waals surface area (Å²) in [4.78, 5) is 4.08. The molecule has 0 bridgehead atoms.